The van der Waals surface area contributed by atoms with Crippen LogP contribution in [0.4, 0.5) is 0 Å². The van der Waals surface area contributed by atoms with Gasteiger partial charge in [-0.1, -0.05) is 60.1 Å². The molecule has 0 saturated heterocycles. The molecule has 0 aliphatic rings. The molecule has 3 aromatic carbocycles. The molecular weight excluding hydrogens is 420 g/mol. The van der Waals surface area contributed by atoms with Crippen LogP contribution in [0.5, 0.6) is 0 Å². The Morgan fingerprint density at radius 2 is 1.78 bits per heavy atom. The number of nitrogens with one attached hydrogen (secondary N) is 2. The van der Waals surface area contributed by atoms with Gasteiger partial charge in [0.25, 0.3) is 0 Å². The van der Waals surface area contributed by atoms with Gasteiger partial charge in [0.05, 0.1) is 17.4 Å². The Balaban J connectivity index is 1.34. The number of hydrogen-bond donors (Lipinski definition) is 2. The maximum absolute atomic E-state index is 12.7. The van der Waals surface area contributed by atoms with Crippen LogP contribution in [-0.4, -0.2) is 27.0 Å². The molecule has 1 atom stereocenters. The van der Waals surface area contributed by atoms with Crippen molar-refractivity contribution >= 4 is 39.4 Å². The van der Waals surface area contributed by atoms with E-state index in [4.69, 9.17) is 11.6 Å². The Morgan fingerprint density at radius 1 is 1.00 bits per heavy atom. The van der Waals surface area contributed by atoms with E-state index in [2.05, 4.69) is 27.4 Å². The van der Waals surface area contributed by atoms with Crippen molar-refractivity contribution in [3.63, 3.8) is 0 Å². The number of para-hydroxylation sites is 3. The molecule has 2 aromatic heterocycles. The van der Waals surface area contributed by atoms with E-state index < -0.39 is 0 Å². The van der Waals surface area contributed by atoms with Gasteiger partial charge in [0.15, 0.2) is 0 Å². The predicted octanol–water partition coefficient (Wildman–Crippen LogP) is 5.51. The number of amides is 1. The molecule has 0 radical (unpaired) electrons. The number of hydrogen-bond acceptors (Lipinski definition) is 2. The number of carbonyl (C=O) groups excluding carboxylic acids is 1. The number of carbonyl (C=O) groups is 1. The SMILES string of the molecule is O=C(CCn1cnc2ccccc21)NCC(c1ccccc1Cl)c1c[nH]c2ccccc12. The normalized spacial score (nSPS) is 12.3. The average molecular weight is 443 g/mol. The molecule has 1 unspecified atom stereocenters. The second-order valence-electron chi connectivity index (χ2n) is 7.84. The van der Waals surface area contributed by atoms with Gasteiger partial charge in [0, 0.05) is 47.6 Å². The summed E-state index contributed by atoms with van der Waals surface area (Å²) >= 11 is 6.55. The van der Waals surface area contributed by atoms with Crippen LogP contribution < -0.4 is 5.32 Å². The van der Waals surface area contributed by atoms with Crippen LogP contribution in [0.15, 0.2) is 85.3 Å². The van der Waals surface area contributed by atoms with Crippen molar-refractivity contribution in [3.05, 3.63) is 101 Å². The summed E-state index contributed by atoms with van der Waals surface area (Å²) in [5.41, 5.74) is 5.16. The van der Waals surface area contributed by atoms with Crippen LogP contribution in [0.1, 0.15) is 23.5 Å². The van der Waals surface area contributed by atoms with Gasteiger partial charge in [-0.2, -0.15) is 0 Å². The number of aromatic amines is 1. The number of fused-ring (bicyclic) bond motifs is 2. The summed E-state index contributed by atoms with van der Waals surface area (Å²) < 4.78 is 2.01. The number of rotatable bonds is 7. The predicted molar refractivity (Wildman–Crippen MR) is 129 cm³/mol. The molecule has 0 aliphatic carbocycles. The molecule has 0 spiro atoms. The van der Waals surface area contributed by atoms with Gasteiger partial charge in [-0.3, -0.25) is 4.79 Å². The van der Waals surface area contributed by atoms with Gasteiger partial charge in [0.1, 0.15) is 0 Å². The number of aryl methyl sites for hydroxylation is 1. The van der Waals surface area contributed by atoms with Crippen molar-refractivity contribution in [2.45, 2.75) is 18.9 Å². The highest BCUT2D eigenvalue weighted by atomic mass is 35.5. The van der Waals surface area contributed by atoms with E-state index >= 15 is 0 Å². The topological polar surface area (TPSA) is 62.7 Å². The number of aromatic nitrogens is 3. The molecule has 5 nitrogen and oxygen atoms in total. The summed E-state index contributed by atoms with van der Waals surface area (Å²) in [6, 6.07) is 23.9. The Morgan fingerprint density at radius 3 is 2.69 bits per heavy atom. The number of halogens is 1. The summed E-state index contributed by atoms with van der Waals surface area (Å²) in [7, 11) is 0. The van der Waals surface area contributed by atoms with Crippen molar-refractivity contribution in [1.82, 2.24) is 19.9 Å². The molecule has 1 amide bonds. The van der Waals surface area contributed by atoms with E-state index in [0.717, 1.165) is 33.1 Å². The molecule has 2 heterocycles. The molecule has 5 aromatic rings. The molecule has 0 fully saturated rings. The fraction of sp³-hybridized carbons (Fsp3) is 0.154. The number of nitrogens with zero attached hydrogens (tertiary/aromatic N) is 2. The molecule has 0 bridgehead atoms. The number of imidazole rings is 1. The standard InChI is InChI=1S/C26H23ClN4O/c27-22-9-3-1-7-18(22)20(21-15-28-23-10-4-2-8-19(21)23)16-29-26(32)13-14-31-17-30-24-11-5-6-12-25(24)31/h1-12,15,17,20,28H,13-14,16H2,(H,29,32). The van der Waals surface area contributed by atoms with Crippen molar-refractivity contribution in [1.29, 1.82) is 0 Å². The highest BCUT2D eigenvalue weighted by Crippen LogP contribution is 2.34. The maximum Gasteiger partial charge on any atom is 0.221 e. The Hall–Kier alpha value is -3.57. The molecule has 0 saturated carbocycles. The molecule has 6 heteroatoms. The third kappa shape index (κ3) is 3.99. The van der Waals surface area contributed by atoms with Crippen LogP contribution in [-0.2, 0) is 11.3 Å². The first-order chi connectivity index (χ1) is 15.7. The van der Waals surface area contributed by atoms with Crippen molar-refractivity contribution < 1.29 is 4.79 Å². The molecule has 160 valence electrons. The molecular formula is C26H23ClN4O. The van der Waals surface area contributed by atoms with Crippen LogP contribution in [0, 0.1) is 0 Å². The highest BCUT2D eigenvalue weighted by Gasteiger charge is 2.21. The number of H-pyrrole nitrogens is 1. The zero-order valence-electron chi connectivity index (χ0n) is 17.5. The summed E-state index contributed by atoms with van der Waals surface area (Å²) in [6.07, 6.45) is 4.18. The minimum absolute atomic E-state index is 0.000300. The van der Waals surface area contributed by atoms with E-state index in [-0.39, 0.29) is 11.8 Å². The summed E-state index contributed by atoms with van der Waals surface area (Å²) in [5, 5.41) is 4.96. The first kappa shape index (κ1) is 20.3. The molecule has 5 rings (SSSR count). The minimum Gasteiger partial charge on any atom is -0.361 e. The van der Waals surface area contributed by atoms with Gasteiger partial charge >= 0.3 is 0 Å². The van der Waals surface area contributed by atoms with Gasteiger partial charge in [-0.05, 0) is 35.4 Å². The fourth-order valence-corrected chi connectivity index (χ4v) is 4.51. The monoisotopic (exact) mass is 442 g/mol. The summed E-state index contributed by atoms with van der Waals surface area (Å²) in [6.45, 7) is 1.05. The minimum atomic E-state index is -0.0575. The quantitative estimate of drug-likeness (QED) is 0.349. The lowest BCUT2D eigenvalue weighted by molar-refractivity contribution is -0.121. The lowest BCUT2D eigenvalue weighted by Crippen LogP contribution is -2.29. The van der Waals surface area contributed by atoms with Gasteiger partial charge in [-0.15, -0.1) is 0 Å². The molecule has 0 aliphatic heterocycles. The van der Waals surface area contributed by atoms with E-state index in [1.54, 1.807) is 6.33 Å². The van der Waals surface area contributed by atoms with E-state index in [0.29, 0.717) is 24.5 Å². The Labute approximate surface area is 191 Å². The maximum atomic E-state index is 12.7. The first-order valence-electron chi connectivity index (χ1n) is 10.7. The molecule has 2 N–H and O–H groups in total. The first-order valence-corrected chi connectivity index (χ1v) is 11.1. The van der Waals surface area contributed by atoms with Crippen LogP contribution in [0.3, 0.4) is 0 Å². The van der Waals surface area contributed by atoms with Crippen molar-refractivity contribution in [3.8, 4) is 0 Å². The van der Waals surface area contributed by atoms with Crippen molar-refractivity contribution in [2.24, 2.45) is 0 Å². The Bertz CT molecular complexity index is 1390. The van der Waals surface area contributed by atoms with Crippen LogP contribution in [0.25, 0.3) is 21.9 Å². The summed E-state index contributed by atoms with van der Waals surface area (Å²) in [4.78, 5) is 20.5. The van der Waals surface area contributed by atoms with Gasteiger partial charge in [-0.25, -0.2) is 4.98 Å². The summed E-state index contributed by atoms with van der Waals surface area (Å²) in [5.74, 6) is -0.0578. The second kappa shape index (κ2) is 8.89. The van der Waals surface area contributed by atoms with Crippen LogP contribution in [0.2, 0.25) is 5.02 Å². The largest absolute Gasteiger partial charge is 0.361 e. The van der Waals surface area contributed by atoms with E-state index in [9.17, 15) is 4.79 Å². The van der Waals surface area contributed by atoms with E-state index in [1.165, 1.54) is 0 Å². The smallest absolute Gasteiger partial charge is 0.221 e. The highest BCUT2D eigenvalue weighted by molar-refractivity contribution is 6.31. The third-order valence-electron chi connectivity index (χ3n) is 5.89. The van der Waals surface area contributed by atoms with Gasteiger partial charge in [0.2, 0.25) is 5.91 Å². The molecule has 32 heavy (non-hydrogen) atoms. The van der Waals surface area contributed by atoms with Crippen molar-refractivity contribution in [2.75, 3.05) is 6.54 Å². The van der Waals surface area contributed by atoms with Gasteiger partial charge < -0.3 is 14.9 Å². The zero-order chi connectivity index (χ0) is 21.9. The average Bonchev–Trinajstić information content (AvgIpc) is 3.43. The lowest BCUT2D eigenvalue weighted by atomic mass is 9.90. The fourth-order valence-electron chi connectivity index (χ4n) is 4.24. The second-order valence-corrected chi connectivity index (χ2v) is 8.25. The lowest BCUT2D eigenvalue weighted by Gasteiger charge is -2.19. The third-order valence-corrected chi connectivity index (χ3v) is 6.23. The zero-order valence-corrected chi connectivity index (χ0v) is 18.2. The van der Waals surface area contributed by atoms with Crippen LogP contribution >= 0.6 is 11.6 Å². The Kier molecular flexibility index (Phi) is 5.65. The number of benzene rings is 3. The van der Waals surface area contributed by atoms with E-state index in [1.807, 2.05) is 71.4 Å².